The Morgan fingerprint density at radius 3 is 2.15 bits per heavy atom. The van der Waals surface area contributed by atoms with E-state index in [0.717, 1.165) is 45.4 Å². The molecule has 3 aliphatic rings. The van der Waals surface area contributed by atoms with Gasteiger partial charge in [0.1, 0.15) is 11.4 Å². The number of benzene rings is 1. The van der Waals surface area contributed by atoms with Gasteiger partial charge in [0.2, 0.25) is 0 Å². The van der Waals surface area contributed by atoms with Crippen LogP contribution in [0.15, 0.2) is 18.2 Å². The van der Waals surface area contributed by atoms with Crippen molar-refractivity contribution in [3.8, 4) is 0 Å². The minimum absolute atomic E-state index is 0.104. The van der Waals surface area contributed by atoms with Crippen molar-refractivity contribution in [3.05, 3.63) is 24.0 Å². The molecule has 4 rings (SSSR count). The normalized spacial score (nSPS) is 23.9. The molecule has 0 saturated carbocycles. The van der Waals surface area contributed by atoms with Crippen molar-refractivity contribution in [1.29, 1.82) is 0 Å². The summed E-state index contributed by atoms with van der Waals surface area (Å²) < 4.78 is 32.8. The Morgan fingerprint density at radius 2 is 1.61 bits per heavy atom. The third-order valence-corrected chi connectivity index (χ3v) is 7.75. The van der Waals surface area contributed by atoms with Gasteiger partial charge in [-0.2, -0.15) is 0 Å². The molecule has 0 N–H and O–H groups in total. The Morgan fingerprint density at radius 1 is 1.03 bits per heavy atom. The molecule has 1 aromatic carbocycles. The summed E-state index contributed by atoms with van der Waals surface area (Å²) >= 11 is 0. The zero-order valence-corrected chi connectivity index (χ0v) is 21.2. The number of hydrogen-bond acceptors (Lipinski definition) is 5. The maximum Gasteiger partial charge on any atom is 0.494 e. The number of halogens is 1. The van der Waals surface area contributed by atoms with E-state index in [2.05, 4.69) is 4.90 Å². The van der Waals surface area contributed by atoms with E-state index >= 15 is 4.39 Å². The van der Waals surface area contributed by atoms with Crippen LogP contribution in [0.1, 0.15) is 67.7 Å². The third-order valence-electron chi connectivity index (χ3n) is 7.75. The Hall–Kier alpha value is -1.80. The van der Waals surface area contributed by atoms with Crippen LogP contribution in [-0.2, 0) is 14.0 Å². The molecule has 0 radical (unpaired) electrons. The van der Waals surface area contributed by atoms with Crippen molar-refractivity contribution < 1.29 is 23.2 Å². The molecule has 0 aliphatic carbocycles. The van der Waals surface area contributed by atoms with E-state index in [1.807, 2.05) is 65.5 Å². The van der Waals surface area contributed by atoms with Crippen LogP contribution in [0.25, 0.3) is 0 Å². The topological polar surface area (TPSA) is 51.2 Å². The summed E-state index contributed by atoms with van der Waals surface area (Å²) in [5.74, 6) is -0.250. The lowest BCUT2D eigenvalue weighted by molar-refractivity contribution is 0.00578. The summed E-state index contributed by atoms with van der Waals surface area (Å²) in [6.45, 7) is 16.6. The first-order valence-electron chi connectivity index (χ1n) is 12.1. The van der Waals surface area contributed by atoms with E-state index in [1.165, 1.54) is 0 Å². The van der Waals surface area contributed by atoms with Crippen LogP contribution < -0.4 is 10.4 Å². The van der Waals surface area contributed by atoms with Crippen molar-refractivity contribution in [3.63, 3.8) is 0 Å². The van der Waals surface area contributed by atoms with Crippen LogP contribution in [0, 0.1) is 11.2 Å². The molecule has 3 saturated heterocycles. The average Bonchev–Trinajstić information content (AvgIpc) is 3.19. The lowest BCUT2D eigenvalue weighted by Gasteiger charge is -2.40. The van der Waals surface area contributed by atoms with Gasteiger partial charge in [-0.15, -0.1) is 0 Å². The van der Waals surface area contributed by atoms with Crippen LogP contribution in [0.2, 0.25) is 0 Å². The van der Waals surface area contributed by atoms with Gasteiger partial charge >= 0.3 is 13.2 Å². The zero-order chi connectivity index (χ0) is 24.2. The smallest absolute Gasteiger partial charge is 0.444 e. The third kappa shape index (κ3) is 4.88. The van der Waals surface area contributed by atoms with Crippen LogP contribution in [-0.4, -0.2) is 61.1 Å². The van der Waals surface area contributed by atoms with Crippen molar-refractivity contribution in [2.24, 2.45) is 5.41 Å². The molecule has 8 heteroatoms. The lowest BCUT2D eigenvalue weighted by Crippen LogP contribution is -2.43. The highest BCUT2D eigenvalue weighted by atomic mass is 19.1. The number of ether oxygens (including phenoxy) is 1. The SMILES string of the molecule is CC(C)(C)OC(=O)N1CCC2(CCN(c3ccc(B4OC(C)(C)C(C)(C)O4)cc3F)CC2)C1. The lowest BCUT2D eigenvalue weighted by atomic mass is 9.77. The van der Waals surface area contributed by atoms with Crippen LogP contribution in [0.3, 0.4) is 0 Å². The Labute approximate surface area is 197 Å². The molecule has 0 atom stereocenters. The van der Waals surface area contributed by atoms with E-state index in [0.29, 0.717) is 11.2 Å². The fraction of sp³-hybridized carbons (Fsp3) is 0.720. The molecule has 0 bridgehead atoms. The van der Waals surface area contributed by atoms with E-state index in [9.17, 15) is 4.79 Å². The maximum absolute atomic E-state index is 15.1. The van der Waals surface area contributed by atoms with Gasteiger partial charge in [0.15, 0.2) is 0 Å². The highest BCUT2D eigenvalue weighted by Crippen LogP contribution is 2.42. The standard InChI is InChI=1S/C25H38BFN2O4/c1-22(2,3)31-21(30)29-15-12-25(17-29)10-13-28(14-11-25)20-9-8-18(16-19(20)27)26-32-23(4,5)24(6,7)33-26/h8-9,16H,10-15,17H2,1-7H3. The molecular weight excluding hydrogens is 422 g/mol. The predicted octanol–water partition coefficient (Wildman–Crippen LogP) is 4.35. The number of amides is 1. The second-order valence-corrected chi connectivity index (χ2v) is 11.9. The quantitative estimate of drug-likeness (QED) is 0.615. The van der Waals surface area contributed by atoms with Gasteiger partial charge < -0.3 is 23.8 Å². The monoisotopic (exact) mass is 460 g/mol. The fourth-order valence-electron chi connectivity index (χ4n) is 4.95. The summed E-state index contributed by atoms with van der Waals surface area (Å²) in [5, 5.41) is 0. The van der Waals surface area contributed by atoms with Gasteiger partial charge in [-0.3, -0.25) is 0 Å². The molecular formula is C25H38BFN2O4. The van der Waals surface area contributed by atoms with Crippen LogP contribution >= 0.6 is 0 Å². The van der Waals surface area contributed by atoms with Gasteiger partial charge in [-0.25, -0.2) is 9.18 Å². The molecule has 1 aromatic rings. The zero-order valence-electron chi connectivity index (χ0n) is 21.2. The minimum atomic E-state index is -0.569. The molecule has 3 fully saturated rings. The maximum atomic E-state index is 15.1. The molecule has 1 spiro atoms. The molecule has 182 valence electrons. The van der Waals surface area contributed by atoms with Gasteiger partial charge in [-0.1, -0.05) is 6.07 Å². The van der Waals surface area contributed by atoms with Crippen LogP contribution in [0.4, 0.5) is 14.9 Å². The molecule has 3 heterocycles. The Balaban J connectivity index is 1.37. The highest BCUT2D eigenvalue weighted by Gasteiger charge is 2.52. The number of hydrogen-bond donors (Lipinski definition) is 0. The second kappa shape index (κ2) is 8.16. The summed E-state index contributed by atoms with van der Waals surface area (Å²) in [5.41, 5.74) is 0.0246. The molecule has 1 amide bonds. The first-order chi connectivity index (χ1) is 15.2. The van der Waals surface area contributed by atoms with E-state index in [-0.39, 0.29) is 17.3 Å². The Kier molecular flexibility index (Phi) is 6.01. The van der Waals surface area contributed by atoms with Crippen molar-refractivity contribution in [2.45, 2.75) is 84.5 Å². The second-order valence-electron chi connectivity index (χ2n) is 11.9. The summed E-state index contributed by atoms with van der Waals surface area (Å²) in [6.07, 6.45) is 2.62. The van der Waals surface area contributed by atoms with E-state index < -0.39 is 23.9 Å². The predicted molar refractivity (Wildman–Crippen MR) is 128 cm³/mol. The summed E-state index contributed by atoms with van der Waals surface area (Å²) in [7, 11) is -0.569. The average molecular weight is 460 g/mol. The van der Waals surface area contributed by atoms with Gasteiger partial charge in [0.25, 0.3) is 0 Å². The van der Waals surface area contributed by atoms with Crippen molar-refractivity contribution >= 4 is 24.4 Å². The largest absolute Gasteiger partial charge is 0.494 e. The van der Waals surface area contributed by atoms with Crippen molar-refractivity contribution in [2.75, 3.05) is 31.1 Å². The number of carbonyl (C=O) groups is 1. The minimum Gasteiger partial charge on any atom is -0.444 e. The van der Waals surface area contributed by atoms with E-state index in [4.69, 9.17) is 14.0 Å². The van der Waals surface area contributed by atoms with E-state index in [1.54, 1.807) is 6.07 Å². The number of rotatable bonds is 2. The van der Waals surface area contributed by atoms with Crippen LogP contribution in [0.5, 0.6) is 0 Å². The summed E-state index contributed by atoms with van der Waals surface area (Å²) in [4.78, 5) is 16.4. The number of anilines is 1. The molecule has 3 aliphatic heterocycles. The van der Waals surface area contributed by atoms with Gasteiger partial charge in [-0.05, 0) is 90.7 Å². The fourth-order valence-corrected chi connectivity index (χ4v) is 4.95. The number of carbonyl (C=O) groups excluding carboxylic acids is 1. The Bertz CT molecular complexity index is 890. The number of nitrogens with zero attached hydrogens (tertiary/aromatic N) is 2. The van der Waals surface area contributed by atoms with Gasteiger partial charge in [0, 0.05) is 26.2 Å². The number of likely N-dealkylation sites (tertiary alicyclic amines) is 1. The first kappa shape index (κ1) is 24.3. The molecule has 6 nitrogen and oxygen atoms in total. The number of piperidine rings is 1. The van der Waals surface area contributed by atoms with Crippen molar-refractivity contribution in [1.82, 2.24) is 4.90 Å². The summed E-state index contributed by atoms with van der Waals surface area (Å²) in [6, 6.07) is 5.29. The highest BCUT2D eigenvalue weighted by molar-refractivity contribution is 6.62. The molecule has 33 heavy (non-hydrogen) atoms. The van der Waals surface area contributed by atoms with Gasteiger partial charge in [0.05, 0.1) is 16.9 Å². The molecule has 0 unspecified atom stereocenters. The molecule has 0 aromatic heterocycles. The first-order valence-corrected chi connectivity index (χ1v) is 12.1.